The summed E-state index contributed by atoms with van der Waals surface area (Å²) in [5.41, 5.74) is 3.51. The molecule has 1 aromatic heterocycles. The van der Waals surface area contributed by atoms with E-state index in [2.05, 4.69) is 22.5 Å². The predicted molar refractivity (Wildman–Crippen MR) is 65.6 cm³/mol. The Morgan fingerprint density at radius 1 is 1.13 bits per heavy atom. The van der Waals surface area contributed by atoms with Crippen molar-refractivity contribution in [2.45, 2.75) is 6.42 Å². The third kappa shape index (κ3) is 1.50. The van der Waals surface area contributed by atoms with Crippen molar-refractivity contribution in [3.05, 3.63) is 51.7 Å². The fraction of sp³-hybridized carbons (Fsp3) is 0.0833. The zero-order chi connectivity index (χ0) is 10.3. The van der Waals surface area contributed by atoms with Gasteiger partial charge in [0.1, 0.15) is 5.17 Å². The van der Waals surface area contributed by atoms with Gasteiger partial charge in [-0.3, -0.25) is 0 Å². The Labute approximate surface area is 97.1 Å². The van der Waals surface area contributed by atoms with Crippen LogP contribution in [0.25, 0.3) is 0 Å². The molecule has 0 N–H and O–H groups in total. The van der Waals surface area contributed by atoms with E-state index in [1.54, 1.807) is 11.3 Å². The molecule has 1 aliphatic rings. The van der Waals surface area contributed by atoms with Gasteiger partial charge in [-0.2, -0.15) is 0 Å². The Balaban J connectivity index is 2.25. The van der Waals surface area contributed by atoms with Gasteiger partial charge in [-0.05, 0) is 28.6 Å². The van der Waals surface area contributed by atoms with Gasteiger partial charge in [-0.25, -0.2) is 4.99 Å². The van der Waals surface area contributed by atoms with Crippen LogP contribution in [0.5, 0.6) is 0 Å². The molecule has 0 atom stereocenters. The average molecular weight is 234 g/mol. The van der Waals surface area contributed by atoms with E-state index in [0.29, 0.717) is 5.17 Å². The Bertz CT molecular complexity index is 542. The number of halogens is 1. The lowest BCUT2D eigenvalue weighted by Crippen LogP contribution is -1.89. The van der Waals surface area contributed by atoms with Crippen LogP contribution in [0.1, 0.15) is 16.0 Å². The number of fused-ring (bicyclic) bond motifs is 2. The van der Waals surface area contributed by atoms with Crippen molar-refractivity contribution in [1.82, 2.24) is 0 Å². The van der Waals surface area contributed by atoms with Crippen LogP contribution in [0.3, 0.4) is 0 Å². The summed E-state index contributed by atoms with van der Waals surface area (Å²) in [5, 5.41) is 2.68. The number of hydrogen-bond acceptors (Lipinski definition) is 2. The molecular formula is C12H8ClNS. The highest BCUT2D eigenvalue weighted by Gasteiger charge is 2.15. The van der Waals surface area contributed by atoms with Crippen LogP contribution in [0.15, 0.2) is 40.7 Å². The third-order valence-electron chi connectivity index (χ3n) is 2.53. The topological polar surface area (TPSA) is 12.4 Å². The van der Waals surface area contributed by atoms with Gasteiger partial charge < -0.3 is 0 Å². The van der Waals surface area contributed by atoms with Gasteiger partial charge >= 0.3 is 0 Å². The van der Waals surface area contributed by atoms with Gasteiger partial charge in [0.2, 0.25) is 0 Å². The van der Waals surface area contributed by atoms with E-state index in [4.69, 9.17) is 11.6 Å². The summed E-state index contributed by atoms with van der Waals surface area (Å²) < 4.78 is 0. The number of benzene rings is 1. The first-order valence-electron chi connectivity index (χ1n) is 4.73. The van der Waals surface area contributed by atoms with E-state index < -0.39 is 0 Å². The van der Waals surface area contributed by atoms with Gasteiger partial charge in [0.05, 0.1) is 10.6 Å². The van der Waals surface area contributed by atoms with Crippen molar-refractivity contribution in [2.75, 3.05) is 0 Å². The van der Waals surface area contributed by atoms with Gasteiger partial charge in [-0.1, -0.05) is 29.8 Å². The smallest absolute Gasteiger partial charge is 0.147 e. The van der Waals surface area contributed by atoms with Crippen LogP contribution in [-0.4, -0.2) is 5.17 Å². The molecule has 3 heteroatoms. The molecule has 0 fully saturated rings. The fourth-order valence-corrected chi connectivity index (χ4v) is 2.94. The molecule has 2 heterocycles. The standard InChI is InChI=1S/C12H8ClNS/c13-12-11-9(5-6-15-11)7-8-3-1-2-4-10(8)14-12/h1-6H,7H2. The molecule has 1 nitrogen and oxygen atoms in total. The van der Waals surface area contributed by atoms with Crippen molar-refractivity contribution in [1.29, 1.82) is 0 Å². The second-order valence-electron chi connectivity index (χ2n) is 3.48. The highest BCUT2D eigenvalue weighted by molar-refractivity contribution is 7.14. The van der Waals surface area contributed by atoms with E-state index in [0.717, 1.165) is 17.0 Å². The minimum atomic E-state index is 0.616. The normalized spacial score (nSPS) is 13.8. The molecule has 15 heavy (non-hydrogen) atoms. The molecule has 1 aliphatic heterocycles. The number of nitrogens with zero attached hydrogens (tertiary/aromatic N) is 1. The monoisotopic (exact) mass is 233 g/mol. The maximum Gasteiger partial charge on any atom is 0.147 e. The summed E-state index contributed by atoms with van der Waals surface area (Å²) in [6.07, 6.45) is 0.925. The molecule has 0 spiro atoms. The number of hydrogen-bond donors (Lipinski definition) is 0. The van der Waals surface area contributed by atoms with Crippen LogP contribution < -0.4 is 0 Å². The third-order valence-corrected chi connectivity index (χ3v) is 3.87. The molecule has 74 valence electrons. The molecule has 1 aromatic carbocycles. The average Bonchev–Trinajstić information content (AvgIpc) is 2.64. The first-order valence-corrected chi connectivity index (χ1v) is 5.99. The fourth-order valence-electron chi connectivity index (χ4n) is 1.79. The molecule has 0 bridgehead atoms. The van der Waals surface area contributed by atoms with Gasteiger partial charge in [0, 0.05) is 6.42 Å². The molecule has 0 unspecified atom stereocenters. The minimum Gasteiger partial charge on any atom is -0.235 e. The quantitative estimate of drug-likeness (QED) is 0.653. The highest BCUT2D eigenvalue weighted by atomic mass is 35.5. The van der Waals surface area contributed by atoms with E-state index in [1.807, 2.05) is 18.2 Å². The molecule has 0 amide bonds. The van der Waals surface area contributed by atoms with Gasteiger partial charge in [0.25, 0.3) is 0 Å². The summed E-state index contributed by atoms with van der Waals surface area (Å²) >= 11 is 7.84. The van der Waals surface area contributed by atoms with Crippen LogP contribution >= 0.6 is 22.9 Å². The lowest BCUT2D eigenvalue weighted by Gasteiger charge is -2.00. The minimum absolute atomic E-state index is 0.616. The Hall–Kier alpha value is -1.12. The maximum absolute atomic E-state index is 6.18. The number of thiophene rings is 1. The largest absolute Gasteiger partial charge is 0.235 e. The van der Waals surface area contributed by atoms with Crippen LogP contribution in [0, 0.1) is 0 Å². The second-order valence-corrected chi connectivity index (χ2v) is 4.76. The molecular weight excluding hydrogens is 226 g/mol. The zero-order valence-corrected chi connectivity index (χ0v) is 9.48. The molecule has 0 aliphatic carbocycles. The van der Waals surface area contributed by atoms with Crippen molar-refractivity contribution in [3.8, 4) is 0 Å². The van der Waals surface area contributed by atoms with E-state index in [-0.39, 0.29) is 0 Å². The lowest BCUT2D eigenvalue weighted by atomic mass is 10.1. The molecule has 0 radical (unpaired) electrons. The highest BCUT2D eigenvalue weighted by Crippen LogP contribution is 2.31. The molecule has 2 aromatic rings. The molecule has 0 saturated heterocycles. The maximum atomic E-state index is 6.18. The van der Waals surface area contributed by atoms with Gasteiger partial charge in [0.15, 0.2) is 0 Å². The number of para-hydroxylation sites is 1. The van der Waals surface area contributed by atoms with E-state index in [1.165, 1.54) is 11.1 Å². The lowest BCUT2D eigenvalue weighted by molar-refractivity contribution is 1.21. The number of aliphatic imine (C=N–C) groups is 1. The van der Waals surface area contributed by atoms with Gasteiger partial charge in [-0.15, -0.1) is 11.3 Å². The van der Waals surface area contributed by atoms with E-state index in [9.17, 15) is 0 Å². The summed E-state index contributed by atoms with van der Waals surface area (Å²) in [6.45, 7) is 0. The Morgan fingerprint density at radius 3 is 2.93 bits per heavy atom. The van der Waals surface area contributed by atoms with Crippen LogP contribution in [0.4, 0.5) is 5.69 Å². The summed E-state index contributed by atoms with van der Waals surface area (Å²) in [5.74, 6) is 0. The Morgan fingerprint density at radius 2 is 2.00 bits per heavy atom. The first-order chi connectivity index (χ1) is 7.34. The molecule has 3 rings (SSSR count). The van der Waals surface area contributed by atoms with Crippen LogP contribution in [0.2, 0.25) is 0 Å². The molecule has 0 saturated carbocycles. The van der Waals surface area contributed by atoms with Crippen molar-refractivity contribution in [2.24, 2.45) is 4.99 Å². The SMILES string of the molecule is ClC1=Nc2ccccc2Cc2ccsc21. The zero-order valence-electron chi connectivity index (χ0n) is 7.90. The first kappa shape index (κ1) is 9.13. The summed E-state index contributed by atoms with van der Waals surface area (Å²) in [4.78, 5) is 5.55. The van der Waals surface area contributed by atoms with Crippen molar-refractivity contribution in [3.63, 3.8) is 0 Å². The van der Waals surface area contributed by atoms with Crippen LogP contribution in [-0.2, 0) is 6.42 Å². The summed E-state index contributed by atoms with van der Waals surface area (Å²) in [7, 11) is 0. The summed E-state index contributed by atoms with van der Waals surface area (Å²) in [6, 6.07) is 10.3. The second kappa shape index (κ2) is 3.47. The van der Waals surface area contributed by atoms with E-state index >= 15 is 0 Å². The van der Waals surface area contributed by atoms with Crippen molar-refractivity contribution >= 4 is 33.8 Å². The van der Waals surface area contributed by atoms with Crippen molar-refractivity contribution < 1.29 is 0 Å². The predicted octanol–water partition coefficient (Wildman–Crippen LogP) is 3.97. The number of rotatable bonds is 0. The Kier molecular flexibility index (Phi) is 2.11.